The predicted octanol–water partition coefficient (Wildman–Crippen LogP) is 0.683. The molecule has 1 fully saturated rings. The minimum Gasteiger partial charge on any atom is -0.497 e. The molecule has 7 nitrogen and oxygen atoms in total. The van der Waals surface area contributed by atoms with E-state index in [0.29, 0.717) is 19.5 Å². The van der Waals surface area contributed by atoms with Gasteiger partial charge in [-0.05, 0) is 24.1 Å². The summed E-state index contributed by atoms with van der Waals surface area (Å²) < 4.78 is 10.4. The zero-order chi connectivity index (χ0) is 18.6. The van der Waals surface area contributed by atoms with Crippen molar-refractivity contribution in [1.29, 1.82) is 5.26 Å². The number of morpholine rings is 1. The summed E-state index contributed by atoms with van der Waals surface area (Å²) in [5, 5.41) is 15.0. The second-order valence-corrected chi connectivity index (χ2v) is 5.93. The molecule has 0 unspecified atom stereocenters. The molecule has 2 N–H and O–H groups in total. The maximum Gasteiger partial charge on any atom is 0.263 e. The van der Waals surface area contributed by atoms with E-state index in [1.165, 1.54) is 6.20 Å². The lowest BCUT2D eigenvalue weighted by atomic mass is 10.1. The van der Waals surface area contributed by atoms with Crippen molar-refractivity contribution in [3.63, 3.8) is 0 Å². The number of ether oxygens (including phenoxy) is 2. The Morgan fingerprint density at radius 3 is 2.69 bits per heavy atom. The number of hydrogen-bond acceptors (Lipinski definition) is 6. The van der Waals surface area contributed by atoms with Gasteiger partial charge in [0.2, 0.25) is 0 Å². The van der Waals surface area contributed by atoms with Crippen molar-refractivity contribution in [2.45, 2.75) is 6.42 Å². The zero-order valence-corrected chi connectivity index (χ0v) is 15.2. The second-order valence-electron chi connectivity index (χ2n) is 5.93. The van der Waals surface area contributed by atoms with Crippen molar-refractivity contribution < 1.29 is 14.3 Å². The Morgan fingerprint density at radius 2 is 2.04 bits per heavy atom. The van der Waals surface area contributed by atoms with E-state index >= 15 is 0 Å². The van der Waals surface area contributed by atoms with Gasteiger partial charge >= 0.3 is 0 Å². The standard InChI is InChI=1S/C19H26N4O3/c1-25-18-4-2-16(3-5-18)6-7-22-19(24)17(14-20)15-21-8-9-23-10-12-26-13-11-23/h2-5,15,21H,6-13H2,1H3,(H,22,24)/b17-15-. The van der Waals surface area contributed by atoms with Gasteiger partial charge in [0.25, 0.3) is 5.91 Å². The molecular weight excluding hydrogens is 332 g/mol. The molecule has 0 bridgehead atoms. The van der Waals surface area contributed by atoms with Gasteiger partial charge < -0.3 is 20.1 Å². The Hall–Kier alpha value is -2.56. The van der Waals surface area contributed by atoms with Crippen LogP contribution in [0.2, 0.25) is 0 Å². The molecule has 1 amide bonds. The Labute approximate surface area is 154 Å². The molecule has 140 valence electrons. The van der Waals surface area contributed by atoms with E-state index in [4.69, 9.17) is 14.7 Å². The second kappa shape index (κ2) is 11.1. The highest BCUT2D eigenvalue weighted by Crippen LogP contribution is 2.11. The Bertz CT molecular complexity index is 631. The third-order valence-electron chi connectivity index (χ3n) is 4.15. The number of hydrogen-bond donors (Lipinski definition) is 2. The molecule has 7 heteroatoms. The van der Waals surface area contributed by atoms with Crippen molar-refractivity contribution in [3.8, 4) is 11.8 Å². The van der Waals surface area contributed by atoms with Gasteiger partial charge in [-0.3, -0.25) is 9.69 Å². The van der Waals surface area contributed by atoms with E-state index in [1.54, 1.807) is 7.11 Å². The van der Waals surface area contributed by atoms with Gasteiger partial charge in [0.15, 0.2) is 0 Å². The smallest absolute Gasteiger partial charge is 0.263 e. The van der Waals surface area contributed by atoms with Crippen molar-refractivity contribution in [2.24, 2.45) is 0 Å². The third-order valence-corrected chi connectivity index (χ3v) is 4.15. The fourth-order valence-corrected chi connectivity index (χ4v) is 2.58. The Morgan fingerprint density at radius 1 is 1.31 bits per heavy atom. The molecule has 26 heavy (non-hydrogen) atoms. The van der Waals surface area contributed by atoms with E-state index in [9.17, 15) is 4.79 Å². The maximum atomic E-state index is 12.1. The van der Waals surface area contributed by atoms with Gasteiger partial charge in [-0.2, -0.15) is 5.26 Å². The van der Waals surface area contributed by atoms with Crippen molar-refractivity contribution >= 4 is 5.91 Å². The number of amides is 1. The molecule has 1 heterocycles. The van der Waals surface area contributed by atoms with Gasteiger partial charge in [-0.1, -0.05) is 12.1 Å². The van der Waals surface area contributed by atoms with Gasteiger partial charge in [-0.15, -0.1) is 0 Å². The van der Waals surface area contributed by atoms with Crippen LogP contribution in [0.4, 0.5) is 0 Å². The summed E-state index contributed by atoms with van der Waals surface area (Å²) in [5.41, 5.74) is 1.18. The monoisotopic (exact) mass is 358 g/mol. The number of rotatable bonds is 9. The quantitative estimate of drug-likeness (QED) is 0.384. The largest absolute Gasteiger partial charge is 0.497 e. The van der Waals surface area contributed by atoms with Crippen molar-refractivity contribution in [1.82, 2.24) is 15.5 Å². The highest BCUT2D eigenvalue weighted by atomic mass is 16.5. The van der Waals surface area contributed by atoms with Crippen LogP contribution in [0.25, 0.3) is 0 Å². The van der Waals surface area contributed by atoms with Crippen molar-refractivity contribution in [2.75, 3.05) is 53.0 Å². The Kier molecular flexibility index (Phi) is 8.46. The maximum absolute atomic E-state index is 12.1. The molecule has 1 aromatic rings. The average Bonchev–Trinajstić information content (AvgIpc) is 2.69. The molecule has 2 rings (SSSR count). The predicted molar refractivity (Wildman–Crippen MR) is 98.7 cm³/mol. The van der Waals surface area contributed by atoms with Crippen LogP contribution in [0, 0.1) is 11.3 Å². The molecule has 0 radical (unpaired) electrons. The molecule has 0 aromatic heterocycles. The van der Waals surface area contributed by atoms with Crippen LogP contribution in [0.5, 0.6) is 5.75 Å². The van der Waals surface area contributed by atoms with Gasteiger partial charge in [0, 0.05) is 38.9 Å². The van der Waals surface area contributed by atoms with Crippen LogP contribution < -0.4 is 15.4 Å². The number of carbonyl (C=O) groups is 1. The molecule has 0 spiro atoms. The van der Waals surface area contributed by atoms with Crippen LogP contribution in [0.15, 0.2) is 36.0 Å². The van der Waals surface area contributed by atoms with E-state index < -0.39 is 0 Å². The molecule has 1 aliphatic heterocycles. The number of nitriles is 1. The SMILES string of the molecule is COc1ccc(CCNC(=O)/C(C#N)=C\NCCN2CCOCC2)cc1. The fraction of sp³-hybridized carbons (Fsp3) is 0.474. The summed E-state index contributed by atoms with van der Waals surface area (Å²) in [5.74, 6) is 0.440. The first-order valence-electron chi connectivity index (χ1n) is 8.78. The lowest BCUT2D eigenvalue weighted by molar-refractivity contribution is -0.117. The number of carbonyl (C=O) groups excluding carboxylic acids is 1. The molecular formula is C19H26N4O3. The van der Waals surface area contributed by atoms with E-state index in [2.05, 4.69) is 15.5 Å². The summed E-state index contributed by atoms with van der Waals surface area (Å²) in [4.78, 5) is 14.4. The molecule has 0 saturated carbocycles. The van der Waals surface area contributed by atoms with Gasteiger partial charge in [0.05, 0.1) is 20.3 Å². The first-order chi connectivity index (χ1) is 12.7. The number of nitrogens with one attached hydrogen (secondary N) is 2. The van der Waals surface area contributed by atoms with Crippen LogP contribution in [-0.2, 0) is 16.0 Å². The molecule has 0 aliphatic carbocycles. The number of benzene rings is 1. The molecule has 1 aliphatic rings. The summed E-state index contributed by atoms with van der Waals surface area (Å²) in [7, 11) is 1.62. The lowest BCUT2D eigenvalue weighted by Crippen LogP contribution is -2.39. The zero-order valence-electron chi connectivity index (χ0n) is 15.2. The van der Waals surface area contributed by atoms with Crippen LogP contribution in [0.3, 0.4) is 0 Å². The number of nitrogens with zero attached hydrogens (tertiary/aromatic N) is 2. The van der Waals surface area contributed by atoms with E-state index in [1.807, 2.05) is 30.3 Å². The van der Waals surface area contributed by atoms with Crippen LogP contribution >= 0.6 is 0 Å². The summed E-state index contributed by atoms with van der Waals surface area (Å²) in [6.07, 6.45) is 2.18. The minimum absolute atomic E-state index is 0.0849. The van der Waals surface area contributed by atoms with Gasteiger partial charge in [0.1, 0.15) is 17.4 Å². The highest BCUT2D eigenvalue weighted by Gasteiger charge is 2.10. The topological polar surface area (TPSA) is 86.6 Å². The summed E-state index contributed by atoms with van der Waals surface area (Å²) in [6.45, 7) is 5.37. The molecule has 1 aromatic carbocycles. The van der Waals surface area contributed by atoms with E-state index in [0.717, 1.165) is 44.2 Å². The Balaban J connectivity index is 1.68. The third kappa shape index (κ3) is 6.75. The fourth-order valence-electron chi connectivity index (χ4n) is 2.58. The highest BCUT2D eigenvalue weighted by molar-refractivity contribution is 5.97. The number of methoxy groups -OCH3 is 1. The normalized spacial score (nSPS) is 15.2. The molecule has 0 atom stereocenters. The van der Waals surface area contributed by atoms with E-state index in [-0.39, 0.29) is 11.5 Å². The van der Waals surface area contributed by atoms with Crippen molar-refractivity contribution in [3.05, 3.63) is 41.6 Å². The van der Waals surface area contributed by atoms with Crippen LogP contribution in [0.1, 0.15) is 5.56 Å². The first-order valence-corrected chi connectivity index (χ1v) is 8.78. The summed E-state index contributed by atoms with van der Waals surface area (Å²) in [6, 6.07) is 9.63. The lowest BCUT2D eigenvalue weighted by Gasteiger charge is -2.26. The van der Waals surface area contributed by atoms with Gasteiger partial charge in [-0.25, -0.2) is 0 Å². The average molecular weight is 358 g/mol. The first kappa shape index (κ1) is 19.8. The minimum atomic E-state index is -0.361. The van der Waals surface area contributed by atoms with Crippen LogP contribution in [-0.4, -0.2) is 63.9 Å². The molecule has 1 saturated heterocycles. The summed E-state index contributed by atoms with van der Waals surface area (Å²) >= 11 is 0.